The molecule has 1 aliphatic heterocycles. The summed E-state index contributed by atoms with van der Waals surface area (Å²) in [6.07, 6.45) is 8.01. The Hall–Kier alpha value is -3.36. The quantitative estimate of drug-likeness (QED) is 0.492. The van der Waals surface area contributed by atoms with Crippen LogP contribution in [-0.2, 0) is 14.8 Å². The normalized spacial score (nSPS) is 15.0. The van der Waals surface area contributed by atoms with Crippen molar-refractivity contribution in [3.63, 3.8) is 0 Å². The number of benzene rings is 2. The molecule has 0 radical (unpaired) electrons. The number of rotatable bonds is 6. The van der Waals surface area contributed by atoms with Crippen LogP contribution in [0, 0.1) is 0 Å². The molecule has 3 aromatic rings. The van der Waals surface area contributed by atoms with Crippen LogP contribution in [0.2, 0.25) is 0 Å². The first-order valence-corrected chi connectivity index (χ1v) is 13.0. The Morgan fingerprint density at radius 1 is 1.17 bits per heavy atom. The lowest BCUT2D eigenvalue weighted by Gasteiger charge is -2.25. The number of carbonyl (C=O) groups excluding carboxylic acids is 1. The van der Waals surface area contributed by atoms with Gasteiger partial charge in [0.05, 0.1) is 7.11 Å². The van der Waals surface area contributed by atoms with Gasteiger partial charge in [-0.3, -0.25) is 4.79 Å². The topological polar surface area (TPSA) is 91.5 Å². The fourth-order valence-electron chi connectivity index (χ4n) is 4.19. The van der Waals surface area contributed by atoms with E-state index in [1.54, 1.807) is 43.9 Å². The lowest BCUT2D eigenvalue weighted by Crippen LogP contribution is -2.40. The molecule has 8 heteroatoms. The van der Waals surface area contributed by atoms with Crippen LogP contribution in [-0.4, -0.2) is 49.9 Å². The van der Waals surface area contributed by atoms with Gasteiger partial charge in [-0.25, -0.2) is 13.1 Å². The summed E-state index contributed by atoms with van der Waals surface area (Å²) in [5, 5.41) is 1.18. The van der Waals surface area contributed by atoms with Crippen molar-refractivity contribution in [2.75, 3.05) is 20.2 Å². The zero-order chi connectivity index (χ0) is 25.2. The first kappa shape index (κ1) is 24.8. The predicted molar refractivity (Wildman–Crippen MR) is 140 cm³/mol. The molecule has 0 spiro atoms. The van der Waals surface area contributed by atoms with E-state index in [1.165, 1.54) is 35.8 Å². The number of H-pyrrole nitrogens is 1. The van der Waals surface area contributed by atoms with Crippen molar-refractivity contribution in [1.29, 1.82) is 0 Å². The molecule has 0 saturated heterocycles. The third-order valence-corrected chi connectivity index (χ3v) is 7.57. The second-order valence-electron chi connectivity index (χ2n) is 9.61. The first-order valence-electron chi connectivity index (χ1n) is 11.5. The Balaban J connectivity index is 1.48. The van der Waals surface area contributed by atoms with Gasteiger partial charge < -0.3 is 14.6 Å². The van der Waals surface area contributed by atoms with Crippen molar-refractivity contribution in [3.05, 3.63) is 71.9 Å². The zero-order valence-electron chi connectivity index (χ0n) is 20.5. The lowest BCUT2D eigenvalue weighted by molar-refractivity contribution is -0.125. The summed E-state index contributed by atoms with van der Waals surface area (Å²) in [6.45, 7) is 6.46. The number of para-hydroxylation sites is 1. The molecule has 0 fully saturated rings. The Morgan fingerprint density at radius 2 is 1.94 bits per heavy atom. The molecule has 4 rings (SSSR count). The number of ether oxygens (including phenoxy) is 1. The molecule has 0 unspecified atom stereocenters. The highest BCUT2D eigenvalue weighted by Gasteiger charge is 2.25. The smallest absolute Gasteiger partial charge is 0.246 e. The summed E-state index contributed by atoms with van der Waals surface area (Å²) in [7, 11) is -2.37. The number of aromatic nitrogens is 1. The van der Waals surface area contributed by atoms with Crippen molar-refractivity contribution in [1.82, 2.24) is 14.6 Å². The zero-order valence-corrected chi connectivity index (χ0v) is 21.3. The number of nitrogens with one attached hydrogen (secondary N) is 2. The summed E-state index contributed by atoms with van der Waals surface area (Å²) >= 11 is 0. The molecule has 2 aromatic carbocycles. The van der Waals surface area contributed by atoms with E-state index >= 15 is 0 Å². The van der Waals surface area contributed by atoms with Crippen molar-refractivity contribution < 1.29 is 17.9 Å². The van der Waals surface area contributed by atoms with Gasteiger partial charge in [0.25, 0.3) is 0 Å². The van der Waals surface area contributed by atoms with E-state index in [2.05, 4.69) is 27.9 Å². The number of methoxy groups -OCH3 is 1. The number of aromatic amines is 1. The van der Waals surface area contributed by atoms with E-state index in [-0.39, 0.29) is 16.6 Å². The van der Waals surface area contributed by atoms with Crippen LogP contribution in [0.3, 0.4) is 0 Å². The molecule has 2 N–H and O–H groups in total. The fourth-order valence-corrected chi connectivity index (χ4v) is 5.81. The summed E-state index contributed by atoms with van der Waals surface area (Å²) in [5.41, 5.74) is 3.47. The van der Waals surface area contributed by atoms with Crippen LogP contribution in [0.1, 0.15) is 38.3 Å². The van der Waals surface area contributed by atoms with Gasteiger partial charge in [-0.2, -0.15) is 0 Å². The SMILES string of the molecule is COc1ccc(C=CC(=O)N2CC=C(c3c[nH]c4ccccc34)CC2)cc1S(=O)(=O)NC(C)(C)C. The van der Waals surface area contributed by atoms with Crippen LogP contribution in [0.5, 0.6) is 5.75 Å². The van der Waals surface area contributed by atoms with Crippen LogP contribution in [0.4, 0.5) is 0 Å². The van der Waals surface area contributed by atoms with Crippen molar-refractivity contribution in [2.45, 2.75) is 37.6 Å². The Morgan fingerprint density at radius 3 is 2.63 bits per heavy atom. The highest BCUT2D eigenvalue weighted by molar-refractivity contribution is 7.89. The van der Waals surface area contributed by atoms with Gasteiger partial charge in [-0.15, -0.1) is 0 Å². The number of hydrogen-bond acceptors (Lipinski definition) is 4. The van der Waals surface area contributed by atoms with Gasteiger partial charge in [0, 0.05) is 47.4 Å². The number of hydrogen-bond donors (Lipinski definition) is 2. The lowest BCUT2D eigenvalue weighted by atomic mass is 9.99. The van der Waals surface area contributed by atoms with E-state index < -0.39 is 15.6 Å². The van der Waals surface area contributed by atoms with Crippen LogP contribution in [0.15, 0.2) is 65.7 Å². The summed E-state index contributed by atoms with van der Waals surface area (Å²) in [5.74, 6) is 0.128. The molecular formula is C27H31N3O4S. The molecule has 7 nitrogen and oxygen atoms in total. The highest BCUT2D eigenvalue weighted by Crippen LogP contribution is 2.30. The molecule has 1 amide bonds. The molecule has 0 aliphatic carbocycles. The molecule has 0 bridgehead atoms. The van der Waals surface area contributed by atoms with Gasteiger partial charge in [0.1, 0.15) is 10.6 Å². The third kappa shape index (κ3) is 5.66. The third-order valence-electron chi connectivity index (χ3n) is 5.79. The second-order valence-corrected chi connectivity index (χ2v) is 11.3. The first-order chi connectivity index (χ1) is 16.6. The maximum absolute atomic E-state index is 12.9. The second kappa shape index (κ2) is 9.71. The van der Waals surface area contributed by atoms with E-state index in [0.717, 1.165) is 11.9 Å². The molecule has 1 aliphatic rings. The van der Waals surface area contributed by atoms with Crippen molar-refractivity contribution in [3.8, 4) is 5.75 Å². The van der Waals surface area contributed by atoms with Crippen LogP contribution in [0.25, 0.3) is 22.6 Å². The van der Waals surface area contributed by atoms with Crippen molar-refractivity contribution in [2.24, 2.45) is 0 Å². The van der Waals surface area contributed by atoms with Gasteiger partial charge in [-0.05, 0) is 62.6 Å². The van der Waals surface area contributed by atoms with Gasteiger partial charge in [0.2, 0.25) is 15.9 Å². The van der Waals surface area contributed by atoms with Crippen molar-refractivity contribution >= 4 is 38.5 Å². The molecule has 0 atom stereocenters. The number of amides is 1. The van der Waals surface area contributed by atoms with Crippen LogP contribution < -0.4 is 9.46 Å². The molecule has 2 heterocycles. The molecule has 0 saturated carbocycles. The minimum atomic E-state index is -3.80. The average Bonchev–Trinajstić information content (AvgIpc) is 3.25. The Labute approximate surface area is 206 Å². The van der Waals surface area contributed by atoms with E-state index in [4.69, 9.17) is 4.74 Å². The Kier molecular flexibility index (Phi) is 6.87. The monoisotopic (exact) mass is 493 g/mol. The highest BCUT2D eigenvalue weighted by atomic mass is 32.2. The van der Waals surface area contributed by atoms with Gasteiger partial charge >= 0.3 is 0 Å². The maximum Gasteiger partial charge on any atom is 0.246 e. The predicted octanol–water partition coefficient (Wildman–Crippen LogP) is 4.58. The molecule has 1 aromatic heterocycles. The van der Waals surface area contributed by atoms with Gasteiger partial charge in [0.15, 0.2) is 0 Å². The number of nitrogens with zero attached hydrogens (tertiary/aromatic N) is 1. The van der Waals surface area contributed by atoms with E-state index in [9.17, 15) is 13.2 Å². The summed E-state index contributed by atoms with van der Waals surface area (Å²) in [4.78, 5) is 17.9. The number of fused-ring (bicyclic) bond motifs is 1. The summed E-state index contributed by atoms with van der Waals surface area (Å²) < 4.78 is 33.7. The standard InChI is InChI=1S/C27H31N3O4S/c1-27(2,3)29-35(32,33)25-17-19(9-11-24(25)34-4)10-12-26(31)30-15-13-20(14-16-30)22-18-28-23-8-6-5-7-21(22)23/h5-13,17-18,28-29H,14-16H2,1-4H3. The minimum Gasteiger partial charge on any atom is -0.495 e. The van der Waals surface area contributed by atoms with E-state index in [1.807, 2.05) is 18.3 Å². The van der Waals surface area contributed by atoms with E-state index in [0.29, 0.717) is 18.7 Å². The average molecular weight is 494 g/mol. The minimum absolute atomic E-state index is 0.0359. The number of carbonyl (C=O) groups is 1. The largest absolute Gasteiger partial charge is 0.495 e. The maximum atomic E-state index is 12.9. The number of sulfonamides is 1. The molecule has 35 heavy (non-hydrogen) atoms. The van der Waals surface area contributed by atoms with Gasteiger partial charge in [-0.1, -0.05) is 30.3 Å². The fraction of sp³-hybridized carbons (Fsp3) is 0.296. The Bertz CT molecular complexity index is 1410. The molecular weight excluding hydrogens is 462 g/mol. The summed E-state index contributed by atoms with van der Waals surface area (Å²) in [6, 6.07) is 13.0. The molecule has 184 valence electrons. The van der Waals surface area contributed by atoms with Crippen LogP contribution >= 0.6 is 0 Å².